The number of carbonyl (C=O) groups is 1. The highest BCUT2D eigenvalue weighted by Crippen LogP contribution is 1.99. The number of nitrogen functional groups attached to an aromatic ring is 2. The molecule has 5 N–H and O–H groups in total. The van der Waals surface area contributed by atoms with Crippen LogP contribution in [0.4, 0.5) is 16.7 Å². The second-order valence-corrected chi connectivity index (χ2v) is 1.80. The van der Waals surface area contributed by atoms with Crippen molar-refractivity contribution in [3.63, 3.8) is 0 Å². The van der Waals surface area contributed by atoms with Gasteiger partial charge in [-0.25, -0.2) is 4.79 Å². The van der Waals surface area contributed by atoms with Gasteiger partial charge in [-0.3, -0.25) is 0 Å². The van der Waals surface area contributed by atoms with E-state index in [4.69, 9.17) is 11.5 Å². The molecule has 0 aliphatic carbocycles. The molecule has 7 heteroatoms. The van der Waals surface area contributed by atoms with E-state index in [1.54, 1.807) is 0 Å². The molecule has 1 heterocycles. The molecule has 1 amide bonds. The minimum Gasteiger partial charge on any atom is -0.368 e. The zero-order chi connectivity index (χ0) is 8.43. The Hall–Kier alpha value is -1.79. The maximum absolute atomic E-state index is 10.9. The predicted octanol–water partition coefficient (Wildman–Crippen LogP) is -1.37. The van der Waals surface area contributed by atoms with Crippen molar-refractivity contribution in [3.05, 3.63) is 0 Å². The second kappa shape index (κ2) is 2.45. The maximum Gasteiger partial charge on any atom is 0.345 e. The summed E-state index contributed by atoms with van der Waals surface area (Å²) in [4.78, 5) is 14.4. The van der Waals surface area contributed by atoms with E-state index in [2.05, 4.69) is 15.4 Å². The predicted molar refractivity (Wildman–Crippen MR) is 38.7 cm³/mol. The molecule has 0 saturated carbocycles. The lowest BCUT2D eigenvalue weighted by molar-refractivity contribution is 0.242. The SMILES string of the molecule is CNC(=O)n1nc(N)nc1N. The number of amides is 1. The molecule has 0 bridgehead atoms. The zero-order valence-electron chi connectivity index (χ0n) is 5.90. The standard InChI is InChI=1S/C4H8N6O/c1-7-4(11)10-3(6)8-2(5)9-10/h1H3,(H,7,11)(H4,5,6,8,9). The molecule has 1 aromatic rings. The lowest BCUT2D eigenvalue weighted by Crippen LogP contribution is -2.26. The number of hydrogen-bond acceptors (Lipinski definition) is 5. The Labute approximate surface area is 62.4 Å². The number of hydrogen-bond donors (Lipinski definition) is 3. The summed E-state index contributed by atoms with van der Waals surface area (Å²) in [5.41, 5.74) is 10.4. The van der Waals surface area contributed by atoms with Crippen LogP contribution in [0.2, 0.25) is 0 Å². The van der Waals surface area contributed by atoms with Crippen LogP contribution in [0.25, 0.3) is 0 Å². The molecule has 0 saturated heterocycles. The molecule has 1 aromatic heterocycles. The third-order valence-corrected chi connectivity index (χ3v) is 1.05. The third kappa shape index (κ3) is 1.20. The Morgan fingerprint density at radius 2 is 2.27 bits per heavy atom. The van der Waals surface area contributed by atoms with Gasteiger partial charge in [0, 0.05) is 7.05 Å². The van der Waals surface area contributed by atoms with Crippen LogP contribution in [0, 0.1) is 0 Å². The molecular weight excluding hydrogens is 148 g/mol. The molecule has 1 rings (SSSR count). The van der Waals surface area contributed by atoms with Crippen LogP contribution in [-0.2, 0) is 0 Å². The van der Waals surface area contributed by atoms with Gasteiger partial charge in [0.1, 0.15) is 0 Å². The van der Waals surface area contributed by atoms with Gasteiger partial charge >= 0.3 is 6.03 Å². The van der Waals surface area contributed by atoms with Crippen LogP contribution in [0.15, 0.2) is 0 Å². The van der Waals surface area contributed by atoms with Gasteiger partial charge in [-0.05, 0) is 0 Å². The molecule has 0 aliphatic heterocycles. The highest BCUT2D eigenvalue weighted by atomic mass is 16.2. The molecule has 0 atom stereocenters. The van der Waals surface area contributed by atoms with Crippen LogP contribution in [0.1, 0.15) is 0 Å². The number of nitrogens with zero attached hydrogens (tertiary/aromatic N) is 3. The molecule has 0 aliphatic rings. The number of nitrogens with one attached hydrogen (secondary N) is 1. The average Bonchev–Trinajstić information content (AvgIpc) is 2.28. The number of aromatic nitrogens is 3. The van der Waals surface area contributed by atoms with Crippen molar-refractivity contribution < 1.29 is 4.79 Å². The quantitative estimate of drug-likeness (QED) is 0.429. The first-order valence-corrected chi connectivity index (χ1v) is 2.85. The first kappa shape index (κ1) is 7.32. The van der Waals surface area contributed by atoms with Gasteiger partial charge in [-0.1, -0.05) is 0 Å². The average molecular weight is 156 g/mol. The molecule has 0 aromatic carbocycles. The Kier molecular flexibility index (Phi) is 1.63. The molecule has 60 valence electrons. The van der Waals surface area contributed by atoms with E-state index >= 15 is 0 Å². The summed E-state index contributed by atoms with van der Waals surface area (Å²) in [6, 6.07) is -0.466. The van der Waals surface area contributed by atoms with E-state index in [1.807, 2.05) is 0 Å². The molecule has 0 unspecified atom stereocenters. The summed E-state index contributed by atoms with van der Waals surface area (Å²) < 4.78 is 0.884. The van der Waals surface area contributed by atoms with Gasteiger partial charge < -0.3 is 16.8 Å². The van der Waals surface area contributed by atoms with Crippen LogP contribution in [-0.4, -0.2) is 27.8 Å². The first-order valence-electron chi connectivity index (χ1n) is 2.85. The van der Waals surface area contributed by atoms with Gasteiger partial charge in [-0.2, -0.15) is 4.98 Å². The van der Waals surface area contributed by atoms with Gasteiger partial charge in [0.15, 0.2) is 0 Å². The maximum atomic E-state index is 10.9. The van der Waals surface area contributed by atoms with E-state index in [1.165, 1.54) is 7.05 Å². The largest absolute Gasteiger partial charge is 0.368 e. The van der Waals surface area contributed by atoms with Crippen molar-refractivity contribution in [2.45, 2.75) is 0 Å². The fourth-order valence-electron chi connectivity index (χ4n) is 0.596. The first-order chi connectivity index (χ1) is 5.15. The fraction of sp³-hybridized carbons (Fsp3) is 0.250. The number of rotatable bonds is 0. The van der Waals surface area contributed by atoms with Gasteiger partial charge in [0.2, 0.25) is 11.9 Å². The normalized spacial score (nSPS) is 9.55. The third-order valence-electron chi connectivity index (χ3n) is 1.05. The fourth-order valence-corrected chi connectivity index (χ4v) is 0.596. The van der Waals surface area contributed by atoms with Crippen molar-refractivity contribution >= 4 is 17.9 Å². The minimum atomic E-state index is -0.466. The van der Waals surface area contributed by atoms with E-state index in [9.17, 15) is 4.79 Å². The summed E-state index contributed by atoms with van der Waals surface area (Å²) in [5.74, 6) is -0.0482. The monoisotopic (exact) mass is 156 g/mol. The van der Waals surface area contributed by atoms with Crippen molar-refractivity contribution in [2.24, 2.45) is 0 Å². The molecule has 11 heavy (non-hydrogen) atoms. The Bertz CT molecular complexity index is 278. The molecule has 0 radical (unpaired) electrons. The smallest absolute Gasteiger partial charge is 0.345 e. The lowest BCUT2D eigenvalue weighted by atomic mass is 10.9. The van der Waals surface area contributed by atoms with E-state index < -0.39 is 6.03 Å². The highest BCUT2D eigenvalue weighted by Gasteiger charge is 2.09. The highest BCUT2D eigenvalue weighted by molar-refractivity contribution is 5.78. The minimum absolute atomic E-state index is 0.0221. The summed E-state index contributed by atoms with van der Waals surface area (Å²) >= 11 is 0. The Balaban J connectivity index is 3.03. The number of anilines is 2. The number of nitrogens with two attached hydrogens (primary N) is 2. The topological polar surface area (TPSA) is 112 Å². The van der Waals surface area contributed by atoms with Gasteiger partial charge in [0.05, 0.1) is 0 Å². The van der Waals surface area contributed by atoms with Crippen molar-refractivity contribution in [2.75, 3.05) is 18.5 Å². The van der Waals surface area contributed by atoms with Crippen molar-refractivity contribution in [3.8, 4) is 0 Å². The lowest BCUT2D eigenvalue weighted by Gasteiger charge is -1.96. The van der Waals surface area contributed by atoms with Crippen LogP contribution in [0.5, 0.6) is 0 Å². The molecule has 7 nitrogen and oxygen atoms in total. The second-order valence-electron chi connectivity index (χ2n) is 1.80. The van der Waals surface area contributed by atoms with Crippen molar-refractivity contribution in [1.29, 1.82) is 0 Å². The van der Waals surface area contributed by atoms with Crippen LogP contribution < -0.4 is 16.8 Å². The summed E-state index contributed by atoms with van der Waals surface area (Å²) in [6.07, 6.45) is 0. The van der Waals surface area contributed by atoms with E-state index in [-0.39, 0.29) is 11.9 Å². The molecule has 0 spiro atoms. The van der Waals surface area contributed by atoms with Crippen molar-refractivity contribution in [1.82, 2.24) is 20.1 Å². The van der Waals surface area contributed by atoms with E-state index in [0.29, 0.717) is 0 Å². The number of carbonyl (C=O) groups excluding carboxylic acids is 1. The Morgan fingerprint density at radius 3 is 2.64 bits per heavy atom. The summed E-state index contributed by atoms with van der Waals surface area (Å²) in [7, 11) is 1.46. The van der Waals surface area contributed by atoms with E-state index in [0.717, 1.165) is 4.68 Å². The molecular formula is C4H8N6O. The molecule has 0 fully saturated rings. The van der Waals surface area contributed by atoms with Crippen LogP contribution >= 0.6 is 0 Å². The van der Waals surface area contributed by atoms with Gasteiger partial charge in [-0.15, -0.1) is 9.78 Å². The summed E-state index contributed by atoms with van der Waals surface area (Å²) in [6.45, 7) is 0. The van der Waals surface area contributed by atoms with Crippen LogP contribution in [0.3, 0.4) is 0 Å². The zero-order valence-corrected chi connectivity index (χ0v) is 5.90. The Morgan fingerprint density at radius 1 is 1.64 bits per heavy atom. The summed E-state index contributed by atoms with van der Waals surface area (Å²) in [5, 5.41) is 5.85. The van der Waals surface area contributed by atoms with Gasteiger partial charge in [0.25, 0.3) is 0 Å².